The predicted octanol–water partition coefficient (Wildman–Crippen LogP) is 1.83. The van der Waals surface area contributed by atoms with E-state index >= 15 is 0 Å². The number of hydrogen-bond donors (Lipinski definition) is 3. The fraction of sp³-hybridized carbons (Fsp3) is 0.846. The van der Waals surface area contributed by atoms with Crippen molar-refractivity contribution in [2.45, 2.75) is 40.0 Å². The van der Waals surface area contributed by atoms with Crippen LogP contribution in [0.4, 0.5) is 4.79 Å². The summed E-state index contributed by atoms with van der Waals surface area (Å²) >= 11 is 0. The average molecular weight is 256 g/mol. The number of carbonyl (C=O) groups excluding carboxylic acids is 1. The maximum atomic E-state index is 11.5. The van der Waals surface area contributed by atoms with Gasteiger partial charge in [-0.05, 0) is 30.6 Å². The van der Waals surface area contributed by atoms with Gasteiger partial charge in [0.05, 0.1) is 5.92 Å². The Morgan fingerprint density at radius 3 is 2.28 bits per heavy atom. The maximum Gasteiger partial charge on any atom is 0.314 e. The molecule has 0 aromatic heterocycles. The molecule has 104 valence electrons. The first-order valence-electron chi connectivity index (χ1n) is 6.62. The molecule has 2 amide bonds. The third-order valence-corrected chi connectivity index (χ3v) is 4.00. The molecule has 5 nitrogen and oxygen atoms in total. The molecule has 1 rings (SSSR count). The van der Waals surface area contributed by atoms with Crippen LogP contribution in [0, 0.1) is 17.3 Å². The van der Waals surface area contributed by atoms with Crippen LogP contribution in [0.25, 0.3) is 0 Å². The molecule has 0 spiro atoms. The minimum atomic E-state index is -0.825. The molecule has 5 heteroatoms. The zero-order valence-corrected chi connectivity index (χ0v) is 11.5. The van der Waals surface area contributed by atoms with Crippen molar-refractivity contribution in [2.24, 2.45) is 17.3 Å². The van der Waals surface area contributed by atoms with Crippen LogP contribution in [0.1, 0.15) is 40.0 Å². The van der Waals surface area contributed by atoms with E-state index in [-0.39, 0.29) is 6.03 Å². The van der Waals surface area contributed by atoms with Gasteiger partial charge in [0, 0.05) is 13.1 Å². The number of urea groups is 1. The Bertz CT molecular complexity index is 311. The van der Waals surface area contributed by atoms with E-state index in [0.29, 0.717) is 30.8 Å². The number of hydrogen-bond acceptors (Lipinski definition) is 2. The summed E-state index contributed by atoms with van der Waals surface area (Å²) in [7, 11) is 0. The van der Waals surface area contributed by atoms with Crippen molar-refractivity contribution < 1.29 is 14.7 Å². The summed E-state index contributed by atoms with van der Waals surface area (Å²) in [5, 5.41) is 14.3. The van der Waals surface area contributed by atoms with E-state index < -0.39 is 11.9 Å². The first-order chi connectivity index (χ1) is 8.37. The van der Waals surface area contributed by atoms with E-state index in [4.69, 9.17) is 5.11 Å². The third kappa shape index (κ3) is 4.20. The number of carbonyl (C=O) groups is 2. The van der Waals surface area contributed by atoms with E-state index in [2.05, 4.69) is 24.5 Å². The van der Waals surface area contributed by atoms with Crippen LogP contribution in [-0.4, -0.2) is 30.2 Å². The molecule has 0 saturated heterocycles. The number of aliphatic carboxylic acids is 1. The van der Waals surface area contributed by atoms with Crippen LogP contribution < -0.4 is 10.6 Å². The van der Waals surface area contributed by atoms with Crippen LogP contribution >= 0.6 is 0 Å². The Morgan fingerprint density at radius 2 is 1.83 bits per heavy atom. The predicted molar refractivity (Wildman–Crippen MR) is 69.3 cm³/mol. The molecule has 3 N–H and O–H groups in total. The maximum absolute atomic E-state index is 11.5. The van der Waals surface area contributed by atoms with Gasteiger partial charge in [-0.25, -0.2) is 4.79 Å². The van der Waals surface area contributed by atoms with Gasteiger partial charge in [0.1, 0.15) is 0 Å². The van der Waals surface area contributed by atoms with Crippen molar-refractivity contribution in [1.29, 1.82) is 0 Å². The Kier molecular flexibility index (Phi) is 4.99. The van der Waals surface area contributed by atoms with E-state index in [1.54, 1.807) is 6.92 Å². The number of carboxylic acid groups (broad SMARTS) is 1. The van der Waals surface area contributed by atoms with Gasteiger partial charge in [0.25, 0.3) is 0 Å². The molecule has 1 fully saturated rings. The van der Waals surface area contributed by atoms with Gasteiger partial charge in [-0.3, -0.25) is 4.79 Å². The molecular formula is C13H24N2O3. The molecule has 1 saturated carbocycles. The summed E-state index contributed by atoms with van der Waals surface area (Å²) in [6.45, 7) is 7.11. The second kappa shape index (κ2) is 6.07. The minimum Gasteiger partial charge on any atom is -0.481 e. The van der Waals surface area contributed by atoms with Gasteiger partial charge in [-0.1, -0.05) is 20.8 Å². The fourth-order valence-electron chi connectivity index (χ4n) is 1.96. The highest BCUT2D eigenvalue weighted by Crippen LogP contribution is 2.51. The molecule has 0 aromatic rings. The van der Waals surface area contributed by atoms with Gasteiger partial charge >= 0.3 is 12.0 Å². The number of amides is 2. The molecule has 1 aliphatic rings. The molecule has 1 unspecified atom stereocenters. The smallest absolute Gasteiger partial charge is 0.314 e. The third-order valence-electron chi connectivity index (χ3n) is 4.00. The van der Waals surface area contributed by atoms with Crippen molar-refractivity contribution in [3.05, 3.63) is 0 Å². The zero-order valence-electron chi connectivity index (χ0n) is 11.5. The van der Waals surface area contributed by atoms with Crippen molar-refractivity contribution in [1.82, 2.24) is 10.6 Å². The standard InChI is InChI=1S/C13H24N2O3/c1-9(2)13(5-6-13)8-15-12(18)14-7-4-10(3)11(16)17/h9-10H,4-8H2,1-3H3,(H,16,17)(H2,14,15,18). The van der Waals surface area contributed by atoms with Gasteiger partial charge in [-0.2, -0.15) is 0 Å². The minimum absolute atomic E-state index is 0.195. The highest BCUT2D eigenvalue weighted by Gasteiger charge is 2.45. The van der Waals surface area contributed by atoms with E-state index in [1.165, 1.54) is 12.8 Å². The van der Waals surface area contributed by atoms with Crippen LogP contribution in [0.15, 0.2) is 0 Å². The van der Waals surface area contributed by atoms with Gasteiger partial charge in [0.2, 0.25) is 0 Å². The van der Waals surface area contributed by atoms with E-state index in [9.17, 15) is 9.59 Å². The molecule has 0 bridgehead atoms. The van der Waals surface area contributed by atoms with Gasteiger partial charge < -0.3 is 15.7 Å². The van der Waals surface area contributed by atoms with Crippen LogP contribution in [0.5, 0.6) is 0 Å². The second-order valence-electron chi connectivity index (χ2n) is 5.65. The summed E-state index contributed by atoms with van der Waals surface area (Å²) in [5.41, 5.74) is 0.297. The van der Waals surface area contributed by atoms with Crippen LogP contribution in [0.3, 0.4) is 0 Å². The van der Waals surface area contributed by atoms with Crippen molar-refractivity contribution in [3.63, 3.8) is 0 Å². The number of carboxylic acids is 1. The number of nitrogens with one attached hydrogen (secondary N) is 2. The lowest BCUT2D eigenvalue weighted by atomic mass is 9.92. The van der Waals surface area contributed by atoms with E-state index in [1.807, 2.05) is 0 Å². The highest BCUT2D eigenvalue weighted by molar-refractivity contribution is 5.74. The van der Waals surface area contributed by atoms with Crippen LogP contribution in [-0.2, 0) is 4.79 Å². The Morgan fingerprint density at radius 1 is 1.22 bits per heavy atom. The average Bonchev–Trinajstić information content (AvgIpc) is 3.07. The molecule has 1 atom stereocenters. The summed E-state index contributed by atoms with van der Waals surface area (Å²) in [4.78, 5) is 22.1. The Balaban J connectivity index is 2.13. The topological polar surface area (TPSA) is 78.4 Å². The Hall–Kier alpha value is -1.26. The van der Waals surface area contributed by atoms with Crippen molar-refractivity contribution in [3.8, 4) is 0 Å². The lowest BCUT2D eigenvalue weighted by Gasteiger charge is -2.20. The largest absolute Gasteiger partial charge is 0.481 e. The summed E-state index contributed by atoms with van der Waals surface area (Å²) in [5.74, 6) is -0.658. The quantitative estimate of drug-likeness (QED) is 0.650. The lowest BCUT2D eigenvalue weighted by molar-refractivity contribution is -0.141. The zero-order chi connectivity index (χ0) is 13.8. The molecular weight excluding hydrogens is 232 g/mol. The second-order valence-corrected chi connectivity index (χ2v) is 5.65. The highest BCUT2D eigenvalue weighted by atomic mass is 16.4. The van der Waals surface area contributed by atoms with Gasteiger partial charge in [-0.15, -0.1) is 0 Å². The lowest BCUT2D eigenvalue weighted by Crippen LogP contribution is -2.40. The van der Waals surface area contributed by atoms with Crippen molar-refractivity contribution in [2.75, 3.05) is 13.1 Å². The van der Waals surface area contributed by atoms with Gasteiger partial charge in [0.15, 0.2) is 0 Å². The molecule has 1 aliphatic carbocycles. The molecule has 0 aliphatic heterocycles. The molecule has 0 heterocycles. The summed E-state index contributed by atoms with van der Waals surface area (Å²) < 4.78 is 0. The number of rotatable bonds is 7. The fourth-order valence-corrected chi connectivity index (χ4v) is 1.96. The molecule has 18 heavy (non-hydrogen) atoms. The summed E-state index contributed by atoms with van der Waals surface area (Å²) in [6.07, 6.45) is 2.82. The first kappa shape index (κ1) is 14.8. The summed E-state index contributed by atoms with van der Waals surface area (Å²) in [6, 6.07) is -0.195. The molecule has 0 aromatic carbocycles. The van der Waals surface area contributed by atoms with Crippen molar-refractivity contribution >= 4 is 12.0 Å². The first-order valence-corrected chi connectivity index (χ1v) is 6.62. The van der Waals surface area contributed by atoms with E-state index in [0.717, 1.165) is 0 Å². The normalized spacial score (nSPS) is 18.2. The molecule has 0 radical (unpaired) electrons. The Labute approximate surface area is 108 Å². The monoisotopic (exact) mass is 256 g/mol. The van der Waals surface area contributed by atoms with Crippen LogP contribution in [0.2, 0.25) is 0 Å². The SMILES string of the molecule is CC(CCNC(=O)NCC1(C(C)C)CC1)C(=O)O.